The Labute approximate surface area is 131 Å². The second kappa shape index (κ2) is 5.88. The summed E-state index contributed by atoms with van der Waals surface area (Å²) in [6.45, 7) is 1.28. The lowest BCUT2D eigenvalue weighted by atomic mass is 10.2. The third kappa shape index (κ3) is 3.42. The van der Waals surface area contributed by atoms with Crippen molar-refractivity contribution in [2.45, 2.75) is 43.2 Å². The maximum atomic E-state index is 13.0. The van der Waals surface area contributed by atoms with Gasteiger partial charge < -0.3 is 5.32 Å². The van der Waals surface area contributed by atoms with E-state index in [0.717, 1.165) is 31.2 Å². The van der Waals surface area contributed by atoms with E-state index in [4.69, 9.17) is 11.6 Å². The molecule has 0 amide bonds. The summed E-state index contributed by atoms with van der Waals surface area (Å²) in [6.07, 6.45) is 4.23. The van der Waals surface area contributed by atoms with Crippen LogP contribution in [0.25, 0.3) is 0 Å². The minimum Gasteiger partial charge on any atom is -0.316 e. The van der Waals surface area contributed by atoms with Crippen molar-refractivity contribution in [1.82, 2.24) is 9.62 Å². The van der Waals surface area contributed by atoms with E-state index in [1.165, 1.54) is 0 Å². The Balaban J connectivity index is 1.93. The Morgan fingerprint density at radius 3 is 2.57 bits per heavy atom. The van der Waals surface area contributed by atoms with Crippen LogP contribution in [-0.4, -0.2) is 32.4 Å². The highest BCUT2D eigenvalue weighted by molar-refractivity contribution is 7.89. The highest BCUT2D eigenvalue weighted by Crippen LogP contribution is 2.39. The lowest BCUT2D eigenvalue weighted by Gasteiger charge is -2.22. The number of nitrogens with zero attached hydrogens (tertiary/aromatic N) is 1. The van der Waals surface area contributed by atoms with E-state index in [-0.39, 0.29) is 10.9 Å². The monoisotopic (exact) mass is 328 g/mol. The Morgan fingerprint density at radius 1 is 1.29 bits per heavy atom. The fraction of sp³-hybridized carbons (Fsp3) is 0.600. The van der Waals surface area contributed by atoms with Gasteiger partial charge in [0.1, 0.15) is 4.90 Å². The molecule has 2 aliphatic rings. The van der Waals surface area contributed by atoms with Crippen molar-refractivity contribution in [2.24, 2.45) is 5.92 Å². The van der Waals surface area contributed by atoms with E-state index in [1.807, 2.05) is 13.1 Å². The molecule has 1 aromatic carbocycles. The summed E-state index contributed by atoms with van der Waals surface area (Å²) in [6, 6.07) is 5.43. The van der Waals surface area contributed by atoms with Crippen molar-refractivity contribution in [3.05, 3.63) is 28.8 Å². The molecule has 0 saturated heterocycles. The van der Waals surface area contributed by atoms with Gasteiger partial charge in [0, 0.05) is 19.1 Å². The highest BCUT2D eigenvalue weighted by Gasteiger charge is 2.41. The van der Waals surface area contributed by atoms with Crippen molar-refractivity contribution in [2.75, 3.05) is 13.6 Å². The molecule has 2 saturated carbocycles. The van der Waals surface area contributed by atoms with Gasteiger partial charge in [-0.3, -0.25) is 0 Å². The van der Waals surface area contributed by atoms with Crippen LogP contribution < -0.4 is 5.32 Å². The summed E-state index contributed by atoms with van der Waals surface area (Å²) in [5, 5.41) is 3.35. The van der Waals surface area contributed by atoms with Crippen LogP contribution in [-0.2, 0) is 16.6 Å². The third-order valence-electron chi connectivity index (χ3n) is 4.05. The topological polar surface area (TPSA) is 49.4 Å². The van der Waals surface area contributed by atoms with Crippen LogP contribution in [0.15, 0.2) is 23.1 Å². The van der Waals surface area contributed by atoms with Crippen LogP contribution in [0.1, 0.15) is 31.2 Å². The van der Waals surface area contributed by atoms with Gasteiger partial charge in [-0.25, -0.2) is 8.42 Å². The molecule has 6 heteroatoms. The molecule has 0 unspecified atom stereocenters. The maximum Gasteiger partial charge on any atom is 0.244 e. The Bertz CT molecular complexity index is 625. The Kier molecular flexibility index (Phi) is 4.28. The molecule has 0 spiro atoms. The second-order valence-corrected chi connectivity index (χ2v) is 8.31. The molecule has 2 aliphatic carbocycles. The minimum atomic E-state index is -3.49. The number of sulfonamides is 1. The first-order chi connectivity index (χ1) is 10.0. The molecular weight excluding hydrogens is 308 g/mol. The number of hydrogen-bond donors (Lipinski definition) is 1. The summed E-state index contributed by atoms with van der Waals surface area (Å²) in [5.74, 6) is 0.541. The lowest BCUT2D eigenvalue weighted by Crippen LogP contribution is -2.35. The first-order valence-electron chi connectivity index (χ1n) is 7.47. The molecule has 4 nitrogen and oxygen atoms in total. The van der Waals surface area contributed by atoms with E-state index in [1.54, 1.807) is 16.4 Å². The number of hydrogen-bond acceptors (Lipinski definition) is 3. The van der Waals surface area contributed by atoms with E-state index < -0.39 is 10.0 Å². The third-order valence-corrected chi connectivity index (χ3v) is 6.45. The summed E-state index contributed by atoms with van der Waals surface area (Å²) >= 11 is 6.18. The van der Waals surface area contributed by atoms with E-state index in [0.29, 0.717) is 24.0 Å². The Morgan fingerprint density at radius 2 is 2.00 bits per heavy atom. The Hall–Kier alpha value is -0.620. The predicted molar refractivity (Wildman–Crippen MR) is 83.9 cm³/mol. The van der Waals surface area contributed by atoms with Gasteiger partial charge in [-0.1, -0.05) is 17.7 Å². The minimum absolute atomic E-state index is 0.180. The van der Waals surface area contributed by atoms with Gasteiger partial charge in [-0.2, -0.15) is 4.31 Å². The molecule has 0 heterocycles. The number of rotatable bonds is 7. The smallest absolute Gasteiger partial charge is 0.244 e. The van der Waals surface area contributed by atoms with Gasteiger partial charge in [0.05, 0.1) is 5.02 Å². The molecule has 0 bridgehead atoms. The normalized spacial score (nSPS) is 19.2. The number of nitrogens with one attached hydrogen (secondary N) is 1. The lowest BCUT2D eigenvalue weighted by molar-refractivity contribution is 0.389. The first-order valence-corrected chi connectivity index (χ1v) is 9.29. The maximum absolute atomic E-state index is 13.0. The molecule has 0 radical (unpaired) electrons. The van der Waals surface area contributed by atoms with Crippen molar-refractivity contribution in [1.29, 1.82) is 0 Å². The second-order valence-electron chi connectivity index (χ2n) is 6.04. The van der Waals surface area contributed by atoms with Crippen molar-refractivity contribution in [3.63, 3.8) is 0 Å². The van der Waals surface area contributed by atoms with Gasteiger partial charge in [-0.15, -0.1) is 0 Å². The molecule has 21 heavy (non-hydrogen) atoms. The van der Waals surface area contributed by atoms with Crippen molar-refractivity contribution >= 4 is 21.6 Å². The summed E-state index contributed by atoms with van der Waals surface area (Å²) in [4.78, 5) is 0.254. The van der Waals surface area contributed by atoms with Crippen molar-refractivity contribution in [3.8, 4) is 0 Å². The quantitative estimate of drug-likeness (QED) is 0.837. The molecule has 116 valence electrons. The molecule has 1 aromatic rings. The van der Waals surface area contributed by atoms with Crippen LogP contribution in [0.5, 0.6) is 0 Å². The standard InChI is InChI=1S/C15H21ClN2O2S/c1-17-9-12-4-7-14(16)15(8-12)21(19,20)18(13-5-6-13)10-11-2-3-11/h4,7-8,11,13,17H,2-3,5-6,9-10H2,1H3. The zero-order valence-electron chi connectivity index (χ0n) is 12.2. The fourth-order valence-electron chi connectivity index (χ4n) is 2.55. The zero-order chi connectivity index (χ0) is 15.0. The predicted octanol–water partition coefficient (Wildman–Crippen LogP) is 2.62. The molecular formula is C15H21ClN2O2S. The van der Waals surface area contributed by atoms with Gasteiger partial charge in [0.25, 0.3) is 0 Å². The van der Waals surface area contributed by atoms with E-state index in [9.17, 15) is 8.42 Å². The molecule has 1 N–H and O–H groups in total. The van der Waals surface area contributed by atoms with Crippen LogP contribution in [0.2, 0.25) is 5.02 Å². The molecule has 0 aliphatic heterocycles. The first kappa shape index (κ1) is 15.3. The highest BCUT2D eigenvalue weighted by atomic mass is 35.5. The van der Waals surface area contributed by atoms with Crippen LogP contribution in [0, 0.1) is 5.92 Å². The van der Waals surface area contributed by atoms with E-state index in [2.05, 4.69) is 5.32 Å². The van der Waals surface area contributed by atoms with Gasteiger partial charge in [0.15, 0.2) is 0 Å². The summed E-state index contributed by atoms with van der Waals surface area (Å²) < 4.78 is 27.6. The molecule has 2 fully saturated rings. The largest absolute Gasteiger partial charge is 0.316 e. The van der Waals surface area contributed by atoms with Gasteiger partial charge >= 0.3 is 0 Å². The average Bonchev–Trinajstić information content (AvgIpc) is 3.31. The van der Waals surface area contributed by atoms with Gasteiger partial charge in [0.2, 0.25) is 10.0 Å². The average molecular weight is 329 g/mol. The number of benzene rings is 1. The van der Waals surface area contributed by atoms with E-state index >= 15 is 0 Å². The van der Waals surface area contributed by atoms with Crippen LogP contribution in [0.3, 0.4) is 0 Å². The summed E-state index contributed by atoms with van der Waals surface area (Å²) in [7, 11) is -1.65. The van der Waals surface area contributed by atoms with Gasteiger partial charge in [-0.05, 0) is 56.3 Å². The fourth-order valence-corrected chi connectivity index (χ4v) is 4.83. The molecule has 0 atom stereocenters. The molecule has 3 rings (SSSR count). The number of halogens is 1. The SMILES string of the molecule is CNCc1ccc(Cl)c(S(=O)(=O)N(CC2CC2)C2CC2)c1. The van der Waals surface area contributed by atoms with Crippen LogP contribution in [0.4, 0.5) is 0 Å². The summed E-state index contributed by atoms with van der Waals surface area (Å²) in [5.41, 5.74) is 0.933. The molecule has 0 aromatic heterocycles. The zero-order valence-corrected chi connectivity index (χ0v) is 13.8. The van der Waals surface area contributed by atoms with Crippen molar-refractivity contribution < 1.29 is 8.42 Å². The van der Waals surface area contributed by atoms with Crippen LogP contribution >= 0.6 is 11.6 Å².